The molecule has 4 rings (SSSR count). The first-order valence-electron chi connectivity index (χ1n) is 9.36. The van der Waals surface area contributed by atoms with Crippen molar-refractivity contribution in [2.45, 2.75) is 12.5 Å². The molecular formula is C21H20FN3O4S. The van der Waals surface area contributed by atoms with Gasteiger partial charge in [0, 0.05) is 17.8 Å². The first-order valence-corrected chi connectivity index (χ1v) is 11.2. The van der Waals surface area contributed by atoms with Crippen LogP contribution in [0.5, 0.6) is 5.75 Å². The molecule has 1 aliphatic rings. The van der Waals surface area contributed by atoms with Gasteiger partial charge in [0.25, 0.3) is 5.91 Å². The van der Waals surface area contributed by atoms with Crippen LogP contribution in [0, 0.1) is 5.82 Å². The minimum absolute atomic E-state index is 0.0650. The second kappa shape index (κ2) is 7.91. The number of hydrogen-bond donors (Lipinski definition) is 1. The SMILES string of the molecule is COc1cccc(-c2nn(-c3ccc(F)cc3)cc2C(=O)NC2CCS(=O)(=O)C2)c1. The lowest BCUT2D eigenvalue weighted by molar-refractivity contribution is 0.0941. The van der Waals surface area contributed by atoms with E-state index in [-0.39, 0.29) is 22.9 Å². The zero-order valence-electron chi connectivity index (χ0n) is 16.2. The lowest BCUT2D eigenvalue weighted by atomic mass is 10.1. The van der Waals surface area contributed by atoms with Crippen molar-refractivity contribution in [1.29, 1.82) is 0 Å². The zero-order valence-corrected chi connectivity index (χ0v) is 17.0. The molecule has 0 radical (unpaired) electrons. The quantitative estimate of drug-likeness (QED) is 0.673. The largest absolute Gasteiger partial charge is 0.497 e. The number of methoxy groups -OCH3 is 1. The van der Waals surface area contributed by atoms with E-state index >= 15 is 0 Å². The average molecular weight is 429 g/mol. The Labute approximate surface area is 173 Å². The van der Waals surface area contributed by atoms with E-state index in [2.05, 4.69) is 10.4 Å². The molecule has 0 spiro atoms. The standard InChI is InChI=1S/C21H20FN3O4S/c1-29-18-4-2-3-14(11-18)20-19(21(26)23-16-9-10-30(27,28)13-16)12-25(24-20)17-7-5-15(22)6-8-17/h2-8,11-12,16H,9-10,13H2,1H3,(H,23,26). The van der Waals surface area contributed by atoms with E-state index in [1.54, 1.807) is 49.7 Å². The number of rotatable bonds is 5. The molecule has 1 N–H and O–H groups in total. The Morgan fingerprint density at radius 3 is 2.67 bits per heavy atom. The number of benzene rings is 2. The first kappa shape index (κ1) is 20.1. The third-order valence-corrected chi connectivity index (χ3v) is 6.73. The van der Waals surface area contributed by atoms with Crippen LogP contribution in [0.2, 0.25) is 0 Å². The highest BCUT2D eigenvalue weighted by molar-refractivity contribution is 7.91. The molecule has 1 saturated heterocycles. The summed E-state index contributed by atoms with van der Waals surface area (Å²) in [7, 11) is -1.58. The van der Waals surface area contributed by atoms with Crippen LogP contribution in [-0.2, 0) is 9.84 Å². The van der Waals surface area contributed by atoms with Crippen LogP contribution in [0.1, 0.15) is 16.8 Å². The number of hydrogen-bond acceptors (Lipinski definition) is 5. The number of carbonyl (C=O) groups excluding carboxylic acids is 1. The fraction of sp³-hybridized carbons (Fsp3) is 0.238. The molecule has 0 aliphatic carbocycles. The maximum absolute atomic E-state index is 13.3. The van der Waals surface area contributed by atoms with Gasteiger partial charge >= 0.3 is 0 Å². The van der Waals surface area contributed by atoms with Crippen molar-refractivity contribution in [3.8, 4) is 22.7 Å². The molecule has 1 atom stereocenters. The van der Waals surface area contributed by atoms with Crippen LogP contribution in [-0.4, -0.2) is 48.8 Å². The van der Waals surface area contributed by atoms with E-state index in [4.69, 9.17) is 4.74 Å². The molecule has 0 bridgehead atoms. The molecule has 156 valence electrons. The van der Waals surface area contributed by atoms with Crippen LogP contribution in [0.15, 0.2) is 54.7 Å². The predicted octanol–water partition coefficient (Wildman–Crippen LogP) is 2.60. The van der Waals surface area contributed by atoms with Gasteiger partial charge in [-0.05, 0) is 42.8 Å². The van der Waals surface area contributed by atoms with Crippen LogP contribution in [0.3, 0.4) is 0 Å². The van der Waals surface area contributed by atoms with Gasteiger partial charge in [-0.25, -0.2) is 17.5 Å². The third kappa shape index (κ3) is 4.20. The zero-order chi connectivity index (χ0) is 21.3. The van der Waals surface area contributed by atoms with E-state index < -0.39 is 21.8 Å². The Bertz CT molecular complexity index is 1190. The van der Waals surface area contributed by atoms with Crippen molar-refractivity contribution in [1.82, 2.24) is 15.1 Å². The van der Waals surface area contributed by atoms with Gasteiger partial charge in [-0.2, -0.15) is 5.10 Å². The molecule has 3 aromatic rings. The maximum Gasteiger partial charge on any atom is 0.255 e. The molecule has 2 heterocycles. The molecule has 1 unspecified atom stereocenters. The normalized spacial score (nSPS) is 17.6. The van der Waals surface area contributed by atoms with Gasteiger partial charge < -0.3 is 10.1 Å². The summed E-state index contributed by atoms with van der Waals surface area (Å²) in [6, 6.07) is 12.4. The topological polar surface area (TPSA) is 90.3 Å². The fourth-order valence-electron chi connectivity index (χ4n) is 3.42. The Hall–Kier alpha value is -3.20. The summed E-state index contributed by atoms with van der Waals surface area (Å²) in [5.74, 6) is -0.186. The number of aromatic nitrogens is 2. The van der Waals surface area contributed by atoms with Gasteiger partial charge in [0.1, 0.15) is 17.3 Å². The summed E-state index contributed by atoms with van der Waals surface area (Å²) in [6.07, 6.45) is 1.94. The molecule has 9 heteroatoms. The number of amides is 1. The first-order chi connectivity index (χ1) is 14.3. The number of halogens is 1. The molecule has 1 aliphatic heterocycles. The lowest BCUT2D eigenvalue weighted by Gasteiger charge is -2.11. The minimum Gasteiger partial charge on any atom is -0.497 e. The smallest absolute Gasteiger partial charge is 0.255 e. The van der Waals surface area contributed by atoms with E-state index in [1.807, 2.05) is 0 Å². The van der Waals surface area contributed by atoms with Crippen molar-refractivity contribution in [2.75, 3.05) is 18.6 Å². The number of carbonyl (C=O) groups is 1. The van der Waals surface area contributed by atoms with Crippen LogP contribution in [0.4, 0.5) is 4.39 Å². The van der Waals surface area contributed by atoms with Crippen LogP contribution >= 0.6 is 0 Å². The van der Waals surface area contributed by atoms with Gasteiger partial charge in [-0.3, -0.25) is 4.79 Å². The molecule has 2 aromatic carbocycles. The second-order valence-electron chi connectivity index (χ2n) is 7.12. The minimum atomic E-state index is -3.12. The summed E-state index contributed by atoms with van der Waals surface area (Å²) in [5, 5.41) is 7.34. The number of nitrogens with one attached hydrogen (secondary N) is 1. The Morgan fingerprint density at radius 1 is 1.23 bits per heavy atom. The Kier molecular flexibility index (Phi) is 5.29. The predicted molar refractivity (Wildman–Crippen MR) is 110 cm³/mol. The second-order valence-corrected chi connectivity index (χ2v) is 9.35. The van der Waals surface area contributed by atoms with E-state index in [0.29, 0.717) is 29.1 Å². The van der Waals surface area contributed by atoms with Gasteiger partial charge in [0.05, 0.1) is 29.9 Å². The number of sulfone groups is 1. The highest BCUT2D eigenvalue weighted by Gasteiger charge is 2.30. The van der Waals surface area contributed by atoms with E-state index in [0.717, 1.165) is 0 Å². The van der Waals surface area contributed by atoms with E-state index in [9.17, 15) is 17.6 Å². The van der Waals surface area contributed by atoms with Crippen molar-refractivity contribution in [3.05, 3.63) is 66.1 Å². The maximum atomic E-state index is 13.3. The summed E-state index contributed by atoms with van der Waals surface area (Å²) in [5.41, 5.74) is 1.95. The number of nitrogens with zero attached hydrogens (tertiary/aromatic N) is 2. The van der Waals surface area contributed by atoms with Crippen molar-refractivity contribution in [2.24, 2.45) is 0 Å². The molecule has 1 fully saturated rings. The van der Waals surface area contributed by atoms with Crippen molar-refractivity contribution < 1.29 is 22.3 Å². The fourth-order valence-corrected chi connectivity index (χ4v) is 5.10. The van der Waals surface area contributed by atoms with Crippen LogP contribution < -0.4 is 10.1 Å². The summed E-state index contributed by atoms with van der Waals surface area (Å²) >= 11 is 0. The van der Waals surface area contributed by atoms with E-state index in [1.165, 1.54) is 16.8 Å². The van der Waals surface area contributed by atoms with Gasteiger partial charge in [-0.1, -0.05) is 12.1 Å². The molecule has 7 nitrogen and oxygen atoms in total. The van der Waals surface area contributed by atoms with Crippen molar-refractivity contribution >= 4 is 15.7 Å². The average Bonchev–Trinajstić information content (AvgIpc) is 3.32. The van der Waals surface area contributed by atoms with Gasteiger partial charge in [0.15, 0.2) is 9.84 Å². The van der Waals surface area contributed by atoms with Crippen LogP contribution in [0.25, 0.3) is 16.9 Å². The van der Waals surface area contributed by atoms with Crippen molar-refractivity contribution in [3.63, 3.8) is 0 Å². The third-order valence-electron chi connectivity index (χ3n) is 4.96. The summed E-state index contributed by atoms with van der Waals surface area (Å²) in [4.78, 5) is 13.0. The summed E-state index contributed by atoms with van der Waals surface area (Å²) < 4.78 is 43.5. The molecule has 1 aromatic heterocycles. The van der Waals surface area contributed by atoms with Gasteiger partial charge in [-0.15, -0.1) is 0 Å². The summed E-state index contributed by atoms with van der Waals surface area (Å²) in [6.45, 7) is 0. The molecule has 0 saturated carbocycles. The monoisotopic (exact) mass is 429 g/mol. The highest BCUT2D eigenvalue weighted by Crippen LogP contribution is 2.27. The highest BCUT2D eigenvalue weighted by atomic mass is 32.2. The Balaban J connectivity index is 1.73. The lowest BCUT2D eigenvalue weighted by Crippen LogP contribution is -2.35. The number of ether oxygens (including phenoxy) is 1. The molecular weight excluding hydrogens is 409 g/mol. The Morgan fingerprint density at radius 2 is 2.00 bits per heavy atom. The van der Waals surface area contributed by atoms with Gasteiger partial charge in [0.2, 0.25) is 0 Å². The molecule has 30 heavy (non-hydrogen) atoms. The molecule has 1 amide bonds.